The average molecular weight is 415 g/mol. The summed E-state index contributed by atoms with van der Waals surface area (Å²) in [5, 5.41) is 0. The van der Waals surface area contributed by atoms with Gasteiger partial charge in [-0.1, -0.05) is 60.7 Å². The monoisotopic (exact) mass is 414 g/mol. The maximum absolute atomic E-state index is 13.4. The number of carbonyl (C=O) groups excluding carboxylic acids is 1. The van der Waals surface area contributed by atoms with Gasteiger partial charge >= 0.3 is 0 Å². The molecule has 4 nitrogen and oxygen atoms in total. The van der Waals surface area contributed by atoms with Gasteiger partial charge in [0.2, 0.25) is 5.90 Å². The highest BCUT2D eigenvalue weighted by atomic mass is 32.2. The topological polar surface area (TPSA) is 41.9 Å². The lowest BCUT2D eigenvalue weighted by Gasteiger charge is -2.22. The Bertz CT molecular complexity index is 1070. The highest BCUT2D eigenvalue weighted by molar-refractivity contribution is 7.99. The molecule has 3 aromatic carbocycles. The molecule has 3 aromatic rings. The molecule has 0 saturated carbocycles. The number of nitrogens with zero attached hydrogens (tertiary/aromatic N) is 2. The van der Waals surface area contributed by atoms with Gasteiger partial charge in [0.15, 0.2) is 12.1 Å². The summed E-state index contributed by atoms with van der Waals surface area (Å²) in [6, 6.07) is 27.7. The molecule has 30 heavy (non-hydrogen) atoms. The van der Waals surface area contributed by atoms with E-state index in [1.807, 2.05) is 65.6 Å². The molecule has 0 aliphatic carbocycles. The van der Waals surface area contributed by atoms with Crippen LogP contribution in [0.1, 0.15) is 22.8 Å². The van der Waals surface area contributed by atoms with Crippen molar-refractivity contribution in [3.8, 4) is 0 Å². The zero-order chi connectivity index (χ0) is 20.3. The van der Waals surface area contributed by atoms with Crippen LogP contribution >= 0.6 is 11.8 Å². The largest absolute Gasteiger partial charge is 0.466 e. The second kappa shape index (κ2) is 8.36. The summed E-state index contributed by atoms with van der Waals surface area (Å²) in [7, 11) is 0. The van der Waals surface area contributed by atoms with Crippen LogP contribution < -0.4 is 0 Å². The molecule has 0 spiro atoms. The highest BCUT2D eigenvalue weighted by Gasteiger charge is 2.43. The van der Waals surface area contributed by atoms with E-state index in [-0.39, 0.29) is 12.0 Å². The Morgan fingerprint density at radius 1 is 0.933 bits per heavy atom. The first-order valence-electron chi connectivity index (χ1n) is 10.1. The van der Waals surface area contributed by atoms with Crippen LogP contribution in [0.2, 0.25) is 0 Å². The van der Waals surface area contributed by atoms with E-state index in [0.29, 0.717) is 19.0 Å². The van der Waals surface area contributed by atoms with Crippen molar-refractivity contribution in [3.63, 3.8) is 0 Å². The van der Waals surface area contributed by atoms with Crippen LogP contribution in [-0.2, 0) is 16.1 Å². The van der Waals surface area contributed by atoms with Crippen LogP contribution in [-0.4, -0.2) is 35.0 Å². The number of hydrogen-bond acceptors (Lipinski definition) is 4. The molecule has 0 fully saturated rings. The molecule has 0 radical (unpaired) electrons. The third kappa shape index (κ3) is 3.73. The van der Waals surface area contributed by atoms with Crippen LogP contribution in [0.3, 0.4) is 0 Å². The van der Waals surface area contributed by atoms with E-state index in [9.17, 15) is 4.79 Å². The number of ether oxygens (including phenoxy) is 1. The summed E-state index contributed by atoms with van der Waals surface area (Å²) in [4.78, 5) is 21.3. The SMILES string of the molecule is O=C1C2N=C(c3ccccc3)OC2c2ccccc2CN1CCSc1ccccc1. The first-order chi connectivity index (χ1) is 14.8. The summed E-state index contributed by atoms with van der Waals surface area (Å²) < 4.78 is 6.25. The molecule has 5 heteroatoms. The second-order valence-corrected chi connectivity index (χ2v) is 8.57. The predicted molar refractivity (Wildman–Crippen MR) is 120 cm³/mol. The number of amides is 1. The Morgan fingerprint density at radius 3 is 2.43 bits per heavy atom. The van der Waals surface area contributed by atoms with E-state index in [2.05, 4.69) is 24.3 Å². The van der Waals surface area contributed by atoms with Crippen LogP contribution in [0.4, 0.5) is 0 Å². The van der Waals surface area contributed by atoms with Crippen molar-refractivity contribution < 1.29 is 9.53 Å². The molecule has 0 saturated heterocycles. The summed E-state index contributed by atoms with van der Waals surface area (Å²) in [5.74, 6) is 1.43. The van der Waals surface area contributed by atoms with E-state index in [0.717, 1.165) is 22.4 Å². The fourth-order valence-corrected chi connectivity index (χ4v) is 4.85. The lowest BCUT2D eigenvalue weighted by Crippen LogP contribution is -2.38. The lowest BCUT2D eigenvalue weighted by atomic mass is 9.99. The van der Waals surface area contributed by atoms with Crippen molar-refractivity contribution in [1.82, 2.24) is 4.90 Å². The van der Waals surface area contributed by atoms with Crippen LogP contribution in [0.5, 0.6) is 0 Å². The minimum atomic E-state index is -0.536. The molecule has 2 unspecified atom stereocenters. The normalized spacial score (nSPS) is 20.1. The Morgan fingerprint density at radius 2 is 1.63 bits per heavy atom. The summed E-state index contributed by atoms with van der Waals surface area (Å²) >= 11 is 1.77. The second-order valence-electron chi connectivity index (χ2n) is 7.40. The van der Waals surface area contributed by atoms with Crippen molar-refractivity contribution in [3.05, 3.63) is 102 Å². The molecular formula is C25H22N2O2S. The van der Waals surface area contributed by atoms with Crippen molar-refractivity contribution in [2.24, 2.45) is 4.99 Å². The van der Waals surface area contributed by atoms with Crippen molar-refractivity contribution >= 4 is 23.6 Å². The first-order valence-corrected chi connectivity index (χ1v) is 11.1. The fraction of sp³-hybridized carbons (Fsp3) is 0.200. The van der Waals surface area contributed by atoms with Crippen LogP contribution in [0.15, 0.2) is 94.8 Å². The van der Waals surface area contributed by atoms with Gasteiger partial charge in [0.25, 0.3) is 5.91 Å². The molecule has 2 heterocycles. The van der Waals surface area contributed by atoms with Gasteiger partial charge in [0.05, 0.1) is 0 Å². The van der Waals surface area contributed by atoms with Gasteiger partial charge in [-0.05, 0) is 29.8 Å². The molecule has 2 aliphatic heterocycles. The number of rotatable bonds is 5. The summed E-state index contributed by atoms with van der Waals surface area (Å²) in [6.07, 6.45) is -0.365. The van der Waals surface area contributed by atoms with E-state index < -0.39 is 6.04 Å². The molecule has 150 valence electrons. The molecule has 0 bridgehead atoms. The number of fused-ring (bicyclic) bond motifs is 3. The molecule has 0 N–H and O–H groups in total. The average Bonchev–Trinajstić information content (AvgIpc) is 3.21. The number of hydrogen-bond donors (Lipinski definition) is 0. The van der Waals surface area contributed by atoms with E-state index in [4.69, 9.17) is 9.73 Å². The molecule has 5 rings (SSSR count). The van der Waals surface area contributed by atoms with Crippen molar-refractivity contribution in [2.45, 2.75) is 23.6 Å². The van der Waals surface area contributed by atoms with Gasteiger partial charge in [-0.25, -0.2) is 4.99 Å². The molecule has 2 atom stereocenters. The Balaban J connectivity index is 1.40. The zero-order valence-corrected chi connectivity index (χ0v) is 17.3. The smallest absolute Gasteiger partial charge is 0.252 e. The lowest BCUT2D eigenvalue weighted by molar-refractivity contribution is -0.133. The van der Waals surface area contributed by atoms with Gasteiger partial charge < -0.3 is 9.64 Å². The minimum absolute atomic E-state index is 0.0378. The molecular weight excluding hydrogens is 392 g/mol. The van der Waals surface area contributed by atoms with Crippen molar-refractivity contribution in [2.75, 3.05) is 12.3 Å². The van der Waals surface area contributed by atoms with E-state index >= 15 is 0 Å². The van der Waals surface area contributed by atoms with Crippen LogP contribution in [0, 0.1) is 0 Å². The standard InChI is InChI=1S/C25H22N2O2S/c28-25-22-23(29-24(26-22)18-9-3-1-4-10-18)21-14-8-7-11-19(21)17-27(25)15-16-30-20-12-5-2-6-13-20/h1-14,22-23H,15-17H2. The maximum atomic E-state index is 13.4. The van der Waals surface area contributed by atoms with E-state index in [1.54, 1.807) is 11.8 Å². The molecule has 1 amide bonds. The summed E-state index contributed by atoms with van der Waals surface area (Å²) in [5.41, 5.74) is 3.10. The fourth-order valence-electron chi connectivity index (χ4n) is 3.96. The Hall–Kier alpha value is -3.05. The van der Waals surface area contributed by atoms with Gasteiger partial charge in [0, 0.05) is 34.9 Å². The Kier molecular flexibility index (Phi) is 5.28. The van der Waals surface area contributed by atoms with Gasteiger partial charge in [-0.2, -0.15) is 0 Å². The van der Waals surface area contributed by atoms with Crippen LogP contribution in [0.25, 0.3) is 0 Å². The number of aliphatic imine (C=N–C) groups is 1. The number of carbonyl (C=O) groups is 1. The molecule has 2 aliphatic rings. The van der Waals surface area contributed by atoms with Gasteiger partial charge in [0.1, 0.15) is 0 Å². The third-order valence-electron chi connectivity index (χ3n) is 5.46. The molecule has 0 aromatic heterocycles. The maximum Gasteiger partial charge on any atom is 0.252 e. The third-order valence-corrected chi connectivity index (χ3v) is 6.46. The zero-order valence-electron chi connectivity index (χ0n) is 16.5. The minimum Gasteiger partial charge on any atom is -0.466 e. The van der Waals surface area contributed by atoms with Crippen molar-refractivity contribution in [1.29, 1.82) is 0 Å². The van der Waals surface area contributed by atoms with Gasteiger partial charge in [-0.3, -0.25) is 4.79 Å². The Labute approximate surface area is 180 Å². The van der Waals surface area contributed by atoms with Gasteiger partial charge in [-0.15, -0.1) is 11.8 Å². The quantitative estimate of drug-likeness (QED) is 0.568. The summed E-state index contributed by atoms with van der Waals surface area (Å²) in [6.45, 7) is 1.27. The first kappa shape index (κ1) is 18.9. The number of thioether (sulfide) groups is 1. The predicted octanol–water partition coefficient (Wildman–Crippen LogP) is 4.71. The number of benzene rings is 3. The van der Waals surface area contributed by atoms with E-state index in [1.165, 1.54) is 4.90 Å². The highest BCUT2D eigenvalue weighted by Crippen LogP contribution is 2.37.